The number of anilines is 1. The smallest absolute Gasteiger partial charge is 0.326 e. The number of benzene rings is 1. The van der Waals surface area contributed by atoms with Gasteiger partial charge in [0.05, 0.1) is 43.1 Å². The van der Waals surface area contributed by atoms with Gasteiger partial charge < -0.3 is 14.2 Å². The fourth-order valence-corrected chi connectivity index (χ4v) is 3.47. The second kappa shape index (κ2) is 7.68. The third kappa shape index (κ3) is 3.87. The Morgan fingerprint density at radius 2 is 1.73 bits per heavy atom. The normalized spacial score (nSPS) is 11.3. The van der Waals surface area contributed by atoms with E-state index in [1.807, 2.05) is 0 Å². The number of hydrogen-bond acceptors (Lipinski definition) is 8. The molecule has 12 heteroatoms. The van der Waals surface area contributed by atoms with Crippen molar-refractivity contribution in [2.45, 2.75) is 0 Å². The third-order valence-electron chi connectivity index (χ3n) is 3.30. The summed E-state index contributed by atoms with van der Waals surface area (Å²) in [5.41, 5.74) is 0.146. The standard InChI is InChI=1S/C14H15Cl2N3O6S/c1-23-9(20)6-19(26(4,21)22)12-10(16)7(15)5-8-11(12)18-14(25-3)13(17-8)24-2/h5H,6H2,1-4H3. The number of halogens is 2. The summed E-state index contributed by atoms with van der Waals surface area (Å²) in [6, 6.07) is 1.40. The van der Waals surface area contributed by atoms with Crippen molar-refractivity contribution < 1.29 is 27.4 Å². The Morgan fingerprint density at radius 1 is 1.15 bits per heavy atom. The van der Waals surface area contributed by atoms with Gasteiger partial charge in [-0.1, -0.05) is 23.2 Å². The minimum atomic E-state index is -3.94. The molecule has 2 rings (SSSR count). The van der Waals surface area contributed by atoms with E-state index >= 15 is 0 Å². The summed E-state index contributed by atoms with van der Waals surface area (Å²) < 4.78 is 40.1. The van der Waals surface area contributed by atoms with Gasteiger partial charge in [-0.3, -0.25) is 9.10 Å². The zero-order chi connectivity index (χ0) is 19.6. The van der Waals surface area contributed by atoms with Gasteiger partial charge in [-0.05, 0) is 6.07 Å². The van der Waals surface area contributed by atoms with E-state index in [1.165, 1.54) is 20.3 Å². The van der Waals surface area contributed by atoms with Crippen LogP contribution in [-0.4, -0.2) is 58.5 Å². The van der Waals surface area contributed by atoms with Gasteiger partial charge in [-0.25, -0.2) is 18.4 Å². The summed E-state index contributed by atoms with van der Waals surface area (Å²) in [7, 11) is -0.0890. The van der Waals surface area contributed by atoms with E-state index in [0.717, 1.165) is 17.7 Å². The summed E-state index contributed by atoms with van der Waals surface area (Å²) in [6.45, 7) is -0.624. The summed E-state index contributed by atoms with van der Waals surface area (Å²) in [6.07, 6.45) is 0.910. The predicted molar refractivity (Wildman–Crippen MR) is 96.9 cm³/mol. The maximum atomic E-state index is 12.3. The van der Waals surface area contributed by atoms with Crippen molar-refractivity contribution in [1.29, 1.82) is 0 Å². The lowest BCUT2D eigenvalue weighted by atomic mass is 10.2. The Bertz CT molecular complexity index is 967. The molecule has 0 aliphatic heterocycles. The van der Waals surface area contributed by atoms with Crippen LogP contribution in [0.4, 0.5) is 5.69 Å². The molecular weight excluding hydrogens is 409 g/mol. The maximum Gasteiger partial charge on any atom is 0.326 e. The number of fused-ring (bicyclic) bond motifs is 1. The fraction of sp³-hybridized carbons (Fsp3) is 0.357. The molecule has 1 aromatic carbocycles. The molecule has 0 amide bonds. The molecule has 1 aromatic heterocycles. The summed E-state index contributed by atoms with van der Waals surface area (Å²) in [5.74, 6) is -0.720. The Balaban J connectivity index is 2.89. The highest BCUT2D eigenvalue weighted by Gasteiger charge is 2.29. The van der Waals surface area contributed by atoms with Crippen LogP contribution in [0.3, 0.4) is 0 Å². The molecule has 0 aliphatic carbocycles. The molecule has 0 aliphatic rings. The van der Waals surface area contributed by atoms with Gasteiger partial charge >= 0.3 is 5.97 Å². The van der Waals surface area contributed by atoms with E-state index in [-0.39, 0.29) is 38.5 Å². The molecular formula is C14H15Cl2N3O6S. The van der Waals surface area contributed by atoms with Crippen LogP contribution in [0.1, 0.15) is 0 Å². The minimum Gasteiger partial charge on any atom is -0.477 e. The van der Waals surface area contributed by atoms with Crippen LogP contribution in [0.5, 0.6) is 11.8 Å². The quantitative estimate of drug-likeness (QED) is 0.647. The molecule has 2 aromatic rings. The number of carbonyl (C=O) groups excluding carboxylic acids is 1. The summed E-state index contributed by atoms with van der Waals surface area (Å²) in [5, 5.41) is -0.0933. The zero-order valence-electron chi connectivity index (χ0n) is 14.2. The molecule has 0 radical (unpaired) electrons. The van der Waals surface area contributed by atoms with Crippen LogP contribution in [0.15, 0.2) is 6.07 Å². The number of ether oxygens (including phenoxy) is 3. The number of methoxy groups -OCH3 is 3. The number of nitrogens with zero attached hydrogens (tertiary/aromatic N) is 3. The molecule has 0 unspecified atom stereocenters. The first-order valence-electron chi connectivity index (χ1n) is 6.96. The van der Waals surface area contributed by atoms with Crippen LogP contribution >= 0.6 is 23.2 Å². The molecule has 0 saturated heterocycles. The average molecular weight is 424 g/mol. The molecule has 0 spiro atoms. The molecule has 0 N–H and O–H groups in total. The van der Waals surface area contributed by atoms with Crippen molar-refractivity contribution in [2.75, 3.05) is 38.4 Å². The summed E-state index contributed by atoms with van der Waals surface area (Å²) in [4.78, 5) is 20.1. The monoisotopic (exact) mass is 423 g/mol. The van der Waals surface area contributed by atoms with Crippen molar-refractivity contribution in [1.82, 2.24) is 9.97 Å². The second-order valence-corrected chi connectivity index (χ2v) is 7.67. The lowest BCUT2D eigenvalue weighted by molar-refractivity contribution is -0.138. The zero-order valence-corrected chi connectivity index (χ0v) is 16.6. The molecule has 1 heterocycles. The number of aromatic nitrogens is 2. The molecule has 142 valence electrons. The van der Waals surface area contributed by atoms with E-state index in [9.17, 15) is 13.2 Å². The van der Waals surface area contributed by atoms with E-state index in [1.54, 1.807) is 0 Å². The molecule has 0 bridgehead atoms. The molecule has 9 nitrogen and oxygen atoms in total. The highest BCUT2D eigenvalue weighted by Crippen LogP contribution is 2.41. The van der Waals surface area contributed by atoms with Gasteiger partial charge in [0.15, 0.2) is 0 Å². The molecule has 26 heavy (non-hydrogen) atoms. The number of rotatable bonds is 6. The van der Waals surface area contributed by atoms with Crippen LogP contribution in [-0.2, 0) is 19.6 Å². The molecule has 0 fully saturated rings. The number of esters is 1. The van der Waals surface area contributed by atoms with Crippen LogP contribution in [0.25, 0.3) is 11.0 Å². The number of sulfonamides is 1. The van der Waals surface area contributed by atoms with E-state index < -0.39 is 22.5 Å². The second-order valence-electron chi connectivity index (χ2n) is 4.98. The van der Waals surface area contributed by atoms with Gasteiger partial charge in [-0.15, -0.1) is 0 Å². The van der Waals surface area contributed by atoms with Gasteiger partial charge in [0.25, 0.3) is 11.8 Å². The van der Waals surface area contributed by atoms with Gasteiger partial charge in [0, 0.05) is 0 Å². The van der Waals surface area contributed by atoms with Crippen molar-refractivity contribution in [3.63, 3.8) is 0 Å². The van der Waals surface area contributed by atoms with E-state index in [4.69, 9.17) is 32.7 Å². The first-order chi connectivity index (χ1) is 12.1. The lowest BCUT2D eigenvalue weighted by Crippen LogP contribution is -2.36. The van der Waals surface area contributed by atoms with Crippen LogP contribution < -0.4 is 13.8 Å². The first kappa shape index (κ1) is 20.3. The first-order valence-corrected chi connectivity index (χ1v) is 9.56. The SMILES string of the molecule is COC(=O)CN(c1c(Cl)c(Cl)cc2nc(OC)c(OC)nc12)S(C)(=O)=O. The van der Waals surface area contributed by atoms with Gasteiger partial charge in [0.1, 0.15) is 17.7 Å². The van der Waals surface area contributed by atoms with Crippen LogP contribution in [0, 0.1) is 0 Å². The van der Waals surface area contributed by atoms with E-state index in [2.05, 4.69) is 14.7 Å². The highest BCUT2D eigenvalue weighted by atomic mass is 35.5. The van der Waals surface area contributed by atoms with Gasteiger partial charge in [-0.2, -0.15) is 0 Å². The molecule has 0 saturated carbocycles. The highest BCUT2D eigenvalue weighted by molar-refractivity contribution is 7.92. The Morgan fingerprint density at radius 3 is 2.23 bits per heavy atom. The van der Waals surface area contributed by atoms with Crippen molar-refractivity contribution >= 4 is 55.9 Å². The van der Waals surface area contributed by atoms with Crippen molar-refractivity contribution in [3.05, 3.63) is 16.1 Å². The topological polar surface area (TPSA) is 108 Å². The lowest BCUT2D eigenvalue weighted by Gasteiger charge is -2.24. The Hall–Kier alpha value is -2.04. The van der Waals surface area contributed by atoms with Crippen molar-refractivity contribution in [3.8, 4) is 11.8 Å². The van der Waals surface area contributed by atoms with E-state index in [0.29, 0.717) is 0 Å². The number of hydrogen-bond donors (Lipinski definition) is 0. The van der Waals surface area contributed by atoms with Gasteiger partial charge in [0.2, 0.25) is 10.0 Å². The largest absolute Gasteiger partial charge is 0.477 e. The van der Waals surface area contributed by atoms with Crippen molar-refractivity contribution in [2.24, 2.45) is 0 Å². The third-order valence-corrected chi connectivity index (χ3v) is 5.19. The maximum absolute atomic E-state index is 12.3. The minimum absolute atomic E-state index is 0.00570. The molecule has 0 atom stereocenters. The average Bonchev–Trinajstić information content (AvgIpc) is 2.59. The predicted octanol–water partition coefficient (Wildman–Crippen LogP) is 1.89. The van der Waals surface area contributed by atoms with Crippen LogP contribution in [0.2, 0.25) is 10.0 Å². The summed E-state index contributed by atoms with van der Waals surface area (Å²) >= 11 is 12.4. The Labute approximate surface area is 159 Å². The number of carbonyl (C=O) groups is 1. The Kier molecular flexibility index (Phi) is 5.99. The fourth-order valence-electron chi connectivity index (χ4n) is 2.13.